The minimum absolute atomic E-state index is 0.0476. The largest absolute Gasteiger partial charge is 0.478 e. The number of carboxylic acids is 1. The van der Waals surface area contributed by atoms with Crippen LogP contribution in [0.25, 0.3) is 0 Å². The quantitative estimate of drug-likeness (QED) is 0.805. The lowest BCUT2D eigenvalue weighted by Crippen LogP contribution is -2.22. The molecule has 0 saturated heterocycles. The molecule has 1 aliphatic rings. The Kier molecular flexibility index (Phi) is 5.39. The SMILES string of the molecule is CCC(CC)C(=O)Nc1sc2c(c1C(=O)O)CCCCC2. The molecule has 0 fully saturated rings. The van der Waals surface area contributed by atoms with Crippen molar-refractivity contribution in [2.75, 3.05) is 5.32 Å². The predicted molar refractivity (Wildman–Crippen MR) is 85.2 cm³/mol. The smallest absolute Gasteiger partial charge is 0.339 e. The highest BCUT2D eigenvalue weighted by Gasteiger charge is 2.26. The van der Waals surface area contributed by atoms with Gasteiger partial charge < -0.3 is 10.4 Å². The van der Waals surface area contributed by atoms with Crippen LogP contribution in [0.2, 0.25) is 0 Å². The molecule has 21 heavy (non-hydrogen) atoms. The van der Waals surface area contributed by atoms with Gasteiger partial charge in [0.05, 0.1) is 5.56 Å². The van der Waals surface area contributed by atoms with Crippen molar-refractivity contribution >= 4 is 28.2 Å². The van der Waals surface area contributed by atoms with Gasteiger partial charge in [-0.1, -0.05) is 20.3 Å². The summed E-state index contributed by atoms with van der Waals surface area (Å²) in [6, 6.07) is 0. The Bertz CT molecular complexity index is 532. The maximum absolute atomic E-state index is 12.2. The van der Waals surface area contributed by atoms with Gasteiger partial charge in [-0.25, -0.2) is 4.79 Å². The van der Waals surface area contributed by atoms with Crippen molar-refractivity contribution < 1.29 is 14.7 Å². The van der Waals surface area contributed by atoms with Gasteiger partial charge in [-0.2, -0.15) is 0 Å². The first-order valence-corrected chi connectivity index (χ1v) is 8.58. The Morgan fingerprint density at radius 1 is 1.19 bits per heavy atom. The zero-order valence-corrected chi connectivity index (χ0v) is 13.5. The van der Waals surface area contributed by atoms with Gasteiger partial charge in [-0.05, 0) is 44.1 Å². The van der Waals surface area contributed by atoms with Crippen LogP contribution in [0.1, 0.15) is 66.8 Å². The number of hydrogen-bond donors (Lipinski definition) is 2. The third-order valence-corrected chi connectivity index (χ3v) is 5.44. The maximum atomic E-state index is 12.2. The second-order valence-corrected chi connectivity index (χ2v) is 6.68. The van der Waals surface area contributed by atoms with Crippen molar-refractivity contribution in [2.45, 2.75) is 58.8 Å². The fraction of sp³-hybridized carbons (Fsp3) is 0.625. The molecule has 0 atom stereocenters. The molecular weight excluding hydrogens is 286 g/mol. The van der Waals surface area contributed by atoms with E-state index in [4.69, 9.17) is 0 Å². The van der Waals surface area contributed by atoms with Crippen LogP contribution in [0.3, 0.4) is 0 Å². The number of carboxylic acid groups (broad SMARTS) is 1. The van der Waals surface area contributed by atoms with E-state index in [2.05, 4.69) is 5.32 Å². The highest BCUT2D eigenvalue weighted by atomic mass is 32.1. The molecule has 2 rings (SSSR count). The van der Waals surface area contributed by atoms with Crippen LogP contribution in [-0.4, -0.2) is 17.0 Å². The average molecular weight is 309 g/mol. The minimum atomic E-state index is -0.922. The van der Waals surface area contributed by atoms with E-state index in [9.17, 15) is 14.7 Å². The molecule has 5 heteroatoms. The van der Waals surface area contributed by atoms with Crippen molar-refractivity contribution in [3.05, 3.63) is 16.0 Å². The summed E-state index contributed by atoms with van der Waals surface area (Å²) in [5, 5.41) is 12.9. The Morgan fingerprint density at radius 3 is 2.48 bits per heavy atom. The molecule has 1 aromatic rings. The monoisotopic (exact) mass is 309 g/mol. The van der Waals surface area contributed by atoms with E-state index in [1.807, 2.05) is 13.8 Å². The molecule has 1 amide bonds. The van der Waals surface area contributed by atoms with E-state index < -0.39 is 5.97 Å². The average Bonchev–Trinajstić information content (AvgIpc) is 2.62. The van der Waals surface area contributed by atoms with Crippen LogP contribution in [-0.2, 0) is 17.6 Å². The van der Waals surface area contributed by atoms with Crippen LogP contribution in [0, 0.1) is 5.92 Å². The van der Waals surface area contributed by atoms with Crippen LogP contribution in [0.5, 0.6) is 0 Å². The van der Waals surface area contributed by atoms with Crippen LogP contribution in [0.15, 0.2) is 0 Å². The molecule has 1 heterocycles. The van der Waals surface area contributed by atoms with Gasteiger partial charge >= 0.3 is 5.97 Å². The predicted octanol–water partition coefficient (Wildman–Crippen LogP) is 4.09. The van der Waals surface area contributed by atoms with Crippen molar-refractivity contribution in [3.63, 3.8) is 0 Å². The number of carbonyl (C=O) groups is 2. The van der Waals surface area contributed by atoms with Crippen molar-refractivity contribution in [1.82, 2.24) is 0 Å². The third-order valence-electron chi connectivity index (χ3n) is 4.23. The van der Waals surface area contributed by atoms with Gasteiger partial charge in [-0.15, -0.1) is 11.3 Å². The molecule has 0 saturated carbocycles. The van der Waals surface area contributed by atoms with Crippen molar-refractivity contribution in [3.8, 4) is 0 Å². The minimum Gasteiger partial charge on any atom is -0.478 e. The Labute approximate surface area is 129 Å². The highest BCUT2D eigenvalue weighted by molar-refractivity contribution is 7.17. The lowest BCUT2D eigenvalue weighted by Gasteiger charge is -2.12. The molecule has 1 aromatic heterocycles. The molecule has 0 aromatic carbocycles. The second kappa shape index (κ2) is 7.07. The van der Waals surface area contributed by atoms with E-state index in [0.29, 0.717) is 10.6 Å². The summed E-state index contributed by atoms with van der Waals surface area (Å²) in [6.45, 7) is 3.96. The number of amides is 1. The van der Waals surface area contributed by atoms with Crippen LogP contribution >= 0.6 is 11.3 Å². The molecule has 116 valence electrons. The fourth-order valence-electron chi connectivity index (χ4n) is 2.93. The number of aromatic carboxylic acids is 1. The number of nitrogens with one attached hydrogen (secondary N) is 1. The van der Waals surface area contributed by atoms with Gasteiger partial charge in [0, 0.05) is 10.8 Å². The van der Waals surface area contributed by atoms with E-state index in [0.717, 1.165) is 55.4 Å². The van der Waals surface area contributed by atoms with Gasteiger partial charge in [0.25, 0.3) is 0 Å². The number of anilines is 1. The molecule has 0 radical (unpaired) electrons. The lowest BCUT2D eigenvalue weighted by atomic mass is 10.0. The number of hydrogen-bond acceptors (Lipinski definition) is 3. The molecule has 0 bridgehead atoms. The number of thiophene rings is 1. The molecular formula is C16H23NO3S. The van der Waals surface area contributed by atoms with E-state index in [1.54, 1.807) is 0 Å². The van der Waals surface area contributed by atoms with E-state index in [-0.39, 0.29) is 11.8 Å². The van der Waals surface area contributed by atoms with E-state index >= 15 is 0 Å². The Balaban J connectivity index is 2.31. The van der Waals surface area contributed by atoms with Gasteiger partial charge in [0.1, 0.15) is 5.00 Å². The molecule has 4 nitrogen and oxygen atoms in total. The fourth-order valence-corrected chi connectivity index (χ4v) is 4.21. The number of carbonyl (C=O) groups excluding carboxylic acids is 1. The molecule has 2 N–H and O–H groups in total. The summed E-state index contributed by atoms with van der Waals surface area (Å²) in [5.41, 5.74) is 1.28. The highest BCUT2D eigenvalue weighted by Crippen LogP contribution is 2.37. The summed E-state index contributed by atoms with van der Waals surface area (Å²) in [6.07, 6.45) is 6.58. The van der Waals surface area contributed by atoms with Crippen molar-refractivity contribution in [2.24, 2.45) is 5.92 Å². The van der Waals surface area contributed by atoms with Gasteiger partial charge in [0.2, 0.25) is 5.91 Å². The summed E-state index contributed by atoms with van der Waals surface area (Å²) in [7, 11) is 0. The molecule has 1 aliphatic carbocycles. The molecule has 0 unspecified atom stereocenters. The van der Waals surface area contributed by atoms with Gasteiger partial charge in [-0.3, -0.25) is 4.79 Å². The molecule has 0 aliphatic heterocycles. The van der Waals surface area contributed by atoms with Gasteiger partial charge in [0.15, 0.2) is 0 Å². The second-order valence-electron chi connectivity index (χ2n) is 5.58. The Hall–Kier alpha value is -1.36. The zero-order valence-electron chi connectivity index (χ0n) is 12.7. The normalized spacial score (nSPS) is 14.6. The Morgan fingerprint density at radius 2 is 1.86 bits per heavy atom. The number of aryl methyl sites for hydroxylation is 1. The van der Waals surface area contributed by atoms with E-state index in [1.165, 1.54) is 11.3 Å². The summed E-state index contributed by atoms with van der Waals surface area (Å²) < 4.78 is 0. The first-order chi connectivity index (χ1) is 10.1. The number of fused-ring (bicyclic) bond motifs is 1. The topological polar surface area (TPSA) is 66.4 Å². The van der Waals surface area contributed by atoms with Crippen LogP contribution < -0.4 is 5.32 Å². The maximum Gasteiger partial charge on any atom is 0.339 e. The summed E-state index contributed by atoms with van der Waals surface area (Å²) in [5.74, 6) is -1.03. The first-order valence-electron chi connectivity index (χ1n) is 7.77. The lowest BCUT2D eigenvalue weighted by molar-refractivity contribution is -0.120. The van der Waals surface area contributed by atoms with Crippen molar-refractivity contribution in [1.29, 1.82) is 0 Å². The van der Waals surface area contributed by atoms with Crippen LogP contribution in [0.4, 0.5) is 5.00 Å². The first kappa shape index (κ1) is 16.0. The molecule has 0 spiro atoms. The third kappa shape index (κ3) is 3.46. The number of rotatable bonds is 5. The summed E-state index contributed by atoms with van der Waals surface area (Å²) >= 11 is 1.46. The standard InChI is InChI=1S/C16H23NO3S/c1-3-10(4-2)14(18)17-15-13(16(19)20)11-8-6-5-7-9-12(11)21-15/h10H,3-9H2,1-2H3,(H,17,18)(H,19,20). The zero-order chi connectivity index (χ0) is 15.4. The summed E-state index contributed by atoms with van der Waals surface area (Å²) in [4.78, 5) is 25.0.